The summed E-state index contributed by atoms with van der Waals surface area (Å²) in [6.07, 6.45) is 1.37. The monoisotopic (exact) mass is 333 g/mol. The van der Waals surface area contributed by atoms with Gasteiger partial charge >= 0.3 is 5.97 Å². The van der Waals surface area contributed by atoms with Crippen molar-refractivity contribution in [2.75, 3.05) is 7.11 Å². The summed E-state index contributed by atoms with van der Waals surface area (Å²) in [6.45, 7) is 2.77. The minimum Gasteiger partial charge on any atom is -0.504 e. The van der Waals surface area contributed by atoms with E-state index in [1.807, 2.05) is 36.6 Å². The predicted molar refractivity (Wildman–Crippen MR) is 89.0 cm³/mol. The van der Waals surface area contributed by atoms with Crippen LogP contribution in [0.4, 0.5) is 0 Å². The maximum Gasteiger partial charge on any atom is 0.307 e. The number of methoxy groups -OCH3 is 1. The summed E-state index contributed by atoms with van der Waals surface area (Å²) in [4.78, 5) is 15.4. The summed E-state index contributed by atoms with van der Waals surface area (Å²) in [5, 5.41) is 12.0. The topological polar surface area (TPSA) is 68.7 Å². The van der Waals surface area contributed by atoms with E-state index in [-0.39, 0.29) is 6.42 Å². The Kier molecular flexibility index (Phi) is 6.31. The molecule has 1 aromatic carbocycles. The van der Waals surface area contributed by atoms with Gasteiger partial charge in [0.15, 0.2) is 0 Å². The second-order valence-corrected chi connectivity index (χ2v) is 6.02. The Labute approximate surface area is 139 Å². The number of aromatic nitrogens is 1. The second kappa shape index (κ2) is 8.45. The van der Waals surface area contributed by atoms with Gasteiger partial charge in [-0.1, -0.05) is 24.3 Å². The summed E-state index contributed by atoms with van der Waals surface area (Å²) in [7, 11) is 1.51. The maximum absolute atomic E-state index is 11.0. The number of carboxylic acid groups (broad SMARTS) is 1. The van der Waals surface area contributed by atoms with E-state index in [1.54, 1.807) is 11.3 Å². The van der Waals surface area contributed by atoms with Crippen LogP contribution in [0.25, 0.3) is 5.57 Å². The van der Waals surface area contributed by atoms with Crippen molar-refractivity contribution in [3.63, 3.8) is 0 Å². The minimum atomic E-state index is -0.901. The summed E-state index contributed by atoms with van der Waals surface area (Å²) in [5.41, 5.74) is 3.27. The lowest BCUT2D eigenvalue weighted by molar-refractivity contribution is -0.135. The van der Waals surface area contributed by atoms with Crippen LogP contribution >= 0.6 is 11.3 Å². The van der Waals surface area contributed by atoms with Crippen LogP contribution in [0.5, 0.6) is 0 Å². The zero-order chi connectivity index (χ0) is 16.7. The van der Waals surface area contributed by atoms with Crippen molar-refractivity contribution in [3.8, 4) is 0 Å². The van der Waals surface area contributed by atoms with Crippen LogP contribution in [-0.2, 0) is 27.5 Å². The number of nitrogens with zero attached hydrogens (tertiary/aromatic N) is 1. The number of benzene rings is 1. The van der Waals surface area contributed by atoms with E-state index in [9.17, 15) is 4.79 Å². The number of carbonyl (C=O) groups is 1. The fourth-order valence-corrected chi connectivity index (χ4v) is 2.80. The first kappa shape index (κ1) is 17.2. The molecule has 23 heavy (non-hydrogen) atoms. The van der Waals surface area contributed by atoms with Crippen molar-refractivity contribution >= 4 is 22.9 Å². The fourth-order valence-electron chi connectivity index (χ4n) is 2.21. The molecule has 1 aromatic heterocycles. The Morgan fingerprint density at radius 2 is 2.13 bits per heavy atom. The number of aliphatic carboxylic acids is 1. The zero-order valence-electron chi connectivity index (χ0n) is 13.1. The summed E-state index contributed by atoms with van der Waals surface area (Å²) < 4.78 is 10.7. The molecule has 5 nitrogen and oxygen atoms in total. The number of aryl methyl sites for hydroxylation is 1. The Morgan fingerprint density at radius 1 is 1.35 bits per heavy atom. The van der Waals surface area contributed by atoms with Crippen LogP contribution in [-0.4, -0.2) is 23.2 Å². The third-order valence-corrected chi connectivity index (χ3v) is 3.96. The van der Waals surface area contributed by atoms with E-state index in [4.69, 9.17) is 14.6 Å². The first-order chi connectivity index (χ1) is 11.1. The SMILES string of the molecule is CO/C=C(/CC(=O)O)c1ccccc1COCc1csc(C)n1. The number of rotatable bonds is 8. The van der Waals surface area contributed by atoms with Crippen LogP contribution in [0.15, 0.2) is 35.9 Å². The fraction of sp³-hybridized carbons (Fsp3) is 0.294. The Balaban J connectivity index is 2.09. The minimum absolute atomic E-state index is 0.101. The lowest BCUT2D eigenvalue weighted by Gasteiger charge is -2.12. The molecule has 0 aliphatic heterocycles. The lowest BCUT2D eigenvalue weighted by Crippen LogP contribution is -2.02. The van der Waals surface area contributed by atoms with Crippen LogP contribution in [0.3, 0.4) is 0 Å². The highest BCUT2D eigenvalue weighted by Gasteiger charge is 2.12. The third-order valence-electron chi connectivity index (χ3n) is 3.14. The van der Waals surface area contributed by atoms with Crippen LogP contribution in [0.1, 0.15) is 28.2 Å². The number of thiazole rings is 1. The van der Waals surface area contributed by atoms with Gasteiger partial charge in [-0.2, -0.15) is 0 Å². The van der Waals surface area contributed by atoms with Gasteiger partial charge in [0.2, 0.25) is 0 Å². The average Bonchev–Trinajstić information content (AvgIpc) is 2.92. The van der Waals surface area contributed by atoms with Gasteiger partial charge in [0.25, 0.3) is 0 Å². The quantitative estimate of drug-likeness (QED) is 0.747. The highest BCUT2D eigenvalue weighted by atomic mass is 32.1. The van der Waals surface area contributed by atoms with Crippen LogP contribution < -0.4 is 0 Å². The molecule has 0 bridgehead atoms. The Hall–Kier alpha value is -2.18. The lowest BCUT2D eigenvalue weighted by atomic mass is 9.99. The number of hydrogen-bond acceptors (Lipinski definition) is 5. The number of carboxylic acids is 1. The predicted octanol–water partition coefficient (Wildman–Crippen LogP) is 3.63. The van der Waals surface area contributed by atoms with E-state index in [2.05, 4.69) is 4.98 Å². The Morgan fingerprint density at radius 3 is 2.78 bits per heavy atom. The van der Waals surface area contributed by atoms with Gasteiger partial charge in [0.1, 0.15) is 0 Å². The van der Waals surface area contributed by atoms with Gasteiger partial charge in [-0.15, -0.1) is 11.3 Å². The molecule has 0 radical (unpaired) electrons. The van der Waals surface area contributed by atoms with Crippen molar-refractivity contribution < 1.29 is 19.4 Å². The van der Waals surface area contributed by atoms with Gasteiger partial charge in [-0.05, 0) is 18.1 Å². The highest BCUT2D eigenvalue weighted by molar-refractivity contribution is 7.09. The normalized spacial score (nSPS) is 11.5. The average molecular weight is 333 g/mol. The molecule has 122 valence electrons. The van der Waals surface area contributed by atoms with E-state index in [0.29, 0.717) is 18.8 Å². The molecule has 2 rings (SSSR count). The van der Waals surface area contributed by atoms with Gasteiger partial charge < -0.3 is 14.6 Å². The molecule has 0 amide bonds. The van der Waals surface area contributed by atoms with E-state index in [1.165, 1.54) is 13.4 Å². The van der Waals surface area contributed by atoms with E-state index in [0.717, 1.165) is 21.8 Å². The molecule has 0 unspecified atom stereocenters. The molecule has 0 saturated heterocycles. The van der Waals surface area contributed by atoms with E-state index >= 15 is 0 Å². The molecule has 0 fully saturated rings. The first-order valence-electron chi connectivity index (χ1n) is 7.10. The largest absolute Gasteiger partial charge is 0.504 e. The molecule has 1 N–H and O–H groups in total. The summed E-state index contributed by atoms with van der Waals surface area (Å²) in [5.74, 6) is -0.901. The van der Waals surface area contributed by atoms with E-state index < -0.39 is 5.97 Å². The van der Waals surface area contributed by atoms with Crippen molar-refractivity contribution in [2.24, 2.45) is 0 Å². The molecule has 0 aliphatic rings. The van der Waals surface area contributed by atoms with Gasteiger partial charge in [-0.25, -0.2) is 4.98 Å². The van der Waals surface area contributed by atoms with Gasteiger partial charge in [-0.3, -0.25) is 4.79 Å². The molecule has 0 spiro atoms. The van der Waals surface area contributed by atoms with Gasteiger partial charge in [0, 0.05) is 11.0 Å². The first-order valence-corrected chi connectivity index (χ1v) is 7.98. The second-order valence-electron chi connectivity index (χ2n) is 4.96. The number of hydrogen-bond donors (Lipinski definition) is 1. The van der Waals surface area contributed by atoms with Crippen molar-refractivity contribution in [3.05, 3.63) is 57.7 Å². The molecular weight excluding hydrogens is 314 g/mol. The molecule has 1 heterocycles. The zero-order valence-corrected chi connectivity index (χ0v) is 13.9. The van der Waals surface area contributed by atoms with Crippen LogP contribution in [0, 0.1) is 6.92 Å². The highest BCUT2D eigenvalue weighted by Crippen LogP contribution is 2.23. The molecule has 2 aromatic rings. The maximum atomic E-state index is 11.0. The van der Waals surface area contributed by atoms with Crippen molar-refractivity contribution in [1.29, 1.82) is 0 Å². The Bertz CT molecular complexity index is 693. The molecular formula is C17H19NO4S. The van der Waals surface area contributed by atoms with Crippen molar-refractivity contribution in [2.45, 2.75) is 26.6 Å². The molecule has 0 aliphatic carbocycles. The summed E-state index contributed by atoms with van der Waals surface area (Å²) in [6, 6.07) is 7.57. The number of ether oxygens (including phenoxy) is 2. The molecule has 0 atom stereocenters. The standard InChI is InChI=1S/C17H19NO4S/c1-12-18-15(11-23-12)10-22-9-13-5-3-4-6-16(13)14(8-21-2)7-17(19)20/h3-6,8,11H,7,9-10H2,1-2H3,(H,19,20)/b14-8-. The van der Waals surface area contributed by atoms with Crippen LogP contribution in [0.2, 0.25) is 0 Å². The third kappa shape index (κ3) is 5.19. The molecule has 0 saturated carbocycles. The summed E-state index contributed by atoms with van der Waals surface area (Å²) >= 11 is 1.59. The molecule has 6 heteroatoms. The smallest absolute Gasteiger partial charge is 0.307 e. The van der Waals surface area contributed by atoms with Gasteiger partial charge in [0.05, 0.1) is 43.7 Å². The van der Waals surface area contributed by atoms with Crippen molar-refractivity contribution in [1.82, 2.24) is 4.98 Å².